The van der Waals surface area contributed by atoms with E-state index in [0.717, 1.165) is 31.0 Å². The number of amides is 1. The highest BCUT2D eigenvalue weighted by atomic mass is 32.2. The number of aromatic carboxylic acids is 1. The molecule has 0 aliphatic carbocycles. The Balaban J connectivity index is 2.04. The van der Waals surface area contributed by atoms with E-state index in [1.165, 1.54) is 0 Å². The van der Waals surface area contributed by atoms with Gasteiger partial charge in [0.15, 0.2) is 0 Å². The Kier molecular flexibility index (Phi) is 6.21. The molecule has 0 spiro atoms. The number of nitrogens with one attached hydrogen (secondary N) is 2. The average molecular weight is 385 g/mol. The first-order valence-corrected chi connectivity index (χ1v) is 9.62. The first-order chi connectivity index (χ1) is 12.2. The molecular weight excluding hydrogens is 362 g/mol. The summed E-state index contributed by atoms with van der Waals surface area (Å²) in [5.74, 6) is -1.97. The number of carbonyl (C=O) groups is 2. The lowest BCUT2D eigenvalue weighted by Gasteiger charge is -2.25. The van der Waals surface area contributed by atoms with E-state index in [1.54, 1.807) is 7.05 Å². The van der Waals surface area contributed by atoms with Gasteiger partial charge in [0.25, 0.3) is 0 Å². The largest absolute Gasteiger partial charge is 0.507 e. The van der Waals surface area contributed by atoms with Crippen LogP contribution in [0.25, 0.3) is 0 Å². The smallest absolute Gasteiger partial charge is 0.339 e. The van der Waals surface area contributed by atoms with E-state index in [1.807, 2.05) is 11.9 Å². The van der Waals surface area contributed by atoms with Gasteiger partial charge >= 0.3 is 5.97 Å². The third-order valence-corrected chi connectivity index (χ3v) is 6.12. The summed E-state index contributed by atoms with van der Waals surface area (Å²) >= 11 is 0. The van der Waals surface area contributed by atoms with Crippen LogP contribution in [0, 0.1) is 0 Å². The standard InChI is InChI=1S/C16H23N3O6S/c1-17-15(21)7-10-3-4-11(19(10)2)9-18-26(24,25)12-5-6-14(20)13(8-12)16(22)23/h5-6,8,10-11,18,20H,3-4,7,9H2,1-2H3,(H,17,21)(H,22,23)/t10-,11+/m1/s1. The van der Waals surface area contributed by atoms with Crippen LogP contribution in [-0.4, -0.2) is 68.1 Å². The quantitative estimate of drug-likeness (QED) is 0.517. The number of carbonyl (C=O) groups excluding carboxylic acids is 1. The summed E-state index contributed by atoms with van der Waals surface area (Å²) in [5, 5.41) is 21.1. The Morgan fingerprint density at radius 3 is 2.54 bits per heavy atom. The molecular formula is C16H23N3O6S. The zero-order valence-corrected chi connectivity index (χ0v) is 15.4. The van der Waals surface area contributed by atoms with Gasteiger partial charge < -0.3 is 15.5 Å². The molecule has 1 aliphatic heterocycles. The number of likely N-dealkylation sites (N-methyl/N-ethyl adjacent to an activating group) is 1. The first kappa shape index (κ1) is 20.1. The second kappa shape index (κ2) is 8.02. The van der Waals surface area contributed by atoms with Gasteiger partial charge in [-0.25, -0.2) is 17.9 Å². The molecule has 0 unspecified atom stereocenters. The number of carboxylic acids is 1. The maximum Gasteiger partial charge on any atom is 0.339 e. The van der Waals surface area contributed by atoms with E-state index >= 15 is 0 Å². The average Bonchev–Trinajstić information content (AvgIpc) is 2.93. The number of aromatic hydroxyl groups is 1. The Labute approximate surface area is 152 Å². The van der Waals surface area contributed by atoms with Gasteiger partial charge in [-0.05, 0) is 38.1 Å². The maximum atomic E-state index is 12.4. The van der Waals surface area contributed by atoms with E-state index in [9.17, 15) is 23.1 Å². The Bertz CT molecular complexity index is 795. The van der Waals surface area contributed by atoms with Crippen LogP contribution in [-0.2, 0) is 14.8 Å². The molecule has 1 aromatic carbocycles. The summed E-state index contributed by atoms with van der Waals surface area (Å²) < 4.78 is 27.3. The van der Waals surface area contributed by atoms with Crippen molar-refractivity contribution in [3.05, 3.63) is 23.8 Å². The van der Waals surface area contributed by atoms with Gasteiger partial charge in [-0.2, -0.15) is 0 Å². The lowest BCUT2D eigenvalue weighted by atomic mass is 10.1. The Morgan fingerprint density at radius 1 is 1.27 bits per heavy atom. The van der Waals surface area contributed by atoms with Gasteiger partial charge in [-0.15, -0.1) is 0 Å². The third kappa shape index (κ3) is 4.51. The molecule has 1 amide bonds. The highest BCUT2D eigenvalue weighted by Crippen LogP contribution is 2.25. The van der Waals surface area contributed by atoms with Crippen LogP contribution in [0.1, 0.15) is 29.6 Å². The number of carboxylic acid groups (broad SMARTS) is 1. The molecule has 1 aliphatic rings. The van der Waals surface area contributed by atoms with E-state index in [0.29, 0.717) is 6.42 Å². The van der Waals surface area contributed by atoms with Gasteiger partial charge in [0.05, 0.1) is 4.90 Å². The molecule has 1 fully saturated rings. The number of hydrogen-bond acceptors (Lipinski definition) is 6. The van der Waals surface area contributed by atoms with Crippen molar-refractivity contribution in [2.24, 2.45) is 0 Å². The summed E-state index contributed by atoms with van der Waals surface area (Å²) in [6, 6.07) is 3.11. The van der Waals surface area contributed by atoms with Crippen molar-refractivity contribution in [3.63, 3.8) is 0 Å². The minimum absolute atomic E-state index is 0.0525. The predicted molar refractivity (Wildman–Crippen MR) is 93.5 cm³/mol. The number of nitrogens with zero attached hydrogens (tertiary/aromatic N) is 1. The molecule has 1 saturated heterocycles. The second-order valence-corrected chi connectivity index (χ2v) is 8.03. The first-order valence-electron chi connectivity index (χ1n) is 8.14. The summed E-state index contributed by atoms with van der Waals surface area (Å²) in [7, 11) is -0.494. The zero-order valence-electron chi connectivity index (χ0n) is 14.6. The van der Waals surface area contributed by atoms with Crippen molar-refractivity contribution in [2.75, 3.05) is 20.6 Å². The van der Waals surface area contributed by atoms with E-state index in [-0.39, 0.29) is 29.4 Å². The molecule has 26 heavy (non-hydrogen) atoms. The monoisotopic (exact) mass is 385 g/mol. The highest BCUT2D eigenvalue weighted by Gasteiger charge is 2.32. The van der Waals surface area contributed by atoms with Gasteiger partial charge in [0, 0.05) is 32.1 Å². The highest BCUT2D eigenvalue weighted by molar-refractivity contribution is 7.89. The van der Waals surface area contributed by atoms with Crippen molar-refractivity contribution in [1.82, 2.24) is 14.9 Å². The van der Waals surface area contributed by atoms with E-state index in [2.05, 4.69) is 10.0 Å². The van der Waals surface area contributed by atoms with Crippen LogP contribution in [0.2, 0.25) is 0 Å². The van der Waals surface area contributed by atoms with Crippen LogP contribution < -0.4 is 10.0 Å². The molecule has 0 aromatic heterocycles. The lowest BCUT2D eigenvalue weighted by Crippen LogP contribution is -2.42. The fraction of sp³-hybridized carbons (Fsp3) is 0.500. The minimum Gasteiger partial charge on any atom is -0.507 e. The number of rotatable bonds is 7. The molecule has 0 saturated carbocycles. The van der Waals surface area contributed by atoms with Crippen molar-refractivity contribution in [2.45, 2.75) is 36.2 Å². The molecule has 0 radical (unpaired) electrons. The SMILES string of the molecule is CNC(=O)C[C@H]1CC[C@@H](CNS(=O)(=O)c2ccc(O)c(C(=O)O)c2)N1C. The van der Waals surface area contributed by atoms with Gasteiger partial charge in [-0.3, -0.25) is 9.69 Å². The van der Waals surface area contributed by atoms with Crippen LogP contribution in [0.5, 0.6) is 5.75 Å². The second-order valence-electron chi connectivity index (χ2n) is 6.26. The summed E-state index contributed by atoms with van der Waals surface area (Å²) in [5.41, 5.74) is -0.475. The fourth-order valence-electron chi connectivity index (χ4n) is 3.04. The summed E-state index contributed by atoms with van der Waals surface area (Å²) in [6.45, 7) is 0.145. The van der Waals surface area contributed by atoms with Crippen molar-refractivity contribution >= 4 is 21.9 Å². The predicted octanol–water partition coefficient (Wildman–Crippen LogP) is -0.0324. The lowest BCUT2D eigenvalue weighted by molar-refractivity contribution is -0.121. The molecule has 144 valence electrons. The third-order valence-electron chi connectivity index (χ3n) is 4.70. The normalized spacial score (nSPS) is 20.8. The molecule has 1 aromatic rings. The minimum atomic E-state index is -3.92. The molecule has 2 rings (SSSR count). The molecule has 10 heteroatoms. The van der Waals surface area contributed by atoms with Crippen molar-refractivity contribution < 1.29 is 28.2 Å². The summed E-state index contributed by atoms with van der Waals surface area (Å²) in [6.07, 6.45) is 1.89. The summed E-state index contributed by atoms with van der Waals surface area (Å²) in [4.78, 5) is 24.3. The van der Waals surface area contributed by atoms with E-state index < -0.39 is 27.3 Å². The molecule has 4 N–H and O–H groups in total. The molecule has 0 bridgehead atoms. The Hall–Kier alpha value is -2.17. The van der Waals surface area contributed by atoms with Crippen molar-refractivity contribution in [1.29, 1.82) is 0 Å². The van der Waals surface area contributed by atoms with Crippen molar-refractivity contribution in [3.8, 4) is 5.75 Å². The maximum absolute atomic E-state index is 12.4. The number of benzene rings is 1. The zero-order chi connectivity index (χ0) is 19.5. The number of sulfonamides is 1. The number of likely N-dealkylation sites (tertiary alicyclic amines) is 1. The van der Waals surface area contributed by atoms with Gasteiger partial charge in [0.2, 0.25) is 15.9 Å². The number of phenols is 1. The molecule has 9 nitrogen and oxygen atoms in total. The fourth-order valence-corrected chi connectivity index (χ4v) is 4.14. The topological polar surface area (TPSA) is 136 Å². The van der Waals surface area contributed by atoms with Crippen LogP contribution >= 0.6 is 0 Å². The number of hydrogen-bond donors (Lipinski definition) is 4. The van der Waals surface area contributed by atoms with Gasteiger partial charge in [0.1, 0.15) is 11.3 Å². The van der Waals surface area contributed by atoms with Crippen LogP contribution in [0.4, 0.5) is 0 Å². The molecule has 2 atom stereocenters. The van der Waals surface area contributed by atoms with Crippen LogP contribution in [0.15, 0.2) is 23.1 Å². The Morgan fingerprint density at radius 2 is 1.92 bits per heavy atom. The van der Waals surface area contributed by atoms with Gasteiger partial charge in [-0.1, -0.05) is 0 Å². The van der Waals surface area contributed by atoms with E-state index in [4.69, 9.17) is 5.11 Å². The molecule has 1 heterocycles. The van der Waals surface area contributed by atoms with Crippen LogP contribution in [0.3, 0.4) is 0 Å².